The Kier molecular flexibility index (Phi) is 4.95. The fourth-order valence-corrected chi connectivity index (χ4v) is 2.79. The third-order valence-electron chi connectivity index (χ3n) is 4.03. The van der Waals surface area contributed by atoms with Crippen LogP contribution in [0.1, 0.15) is 10.4 Å². The van der Waals surface area contributed by atoms with Gasteiger partial charge in [-0.05, 0) is 30.3 Å². The van der Waals surface area contributed by atoms with E-state index in [4.69, 9.17) is 11.6 Å². The van der Waals surface area contributed by atoms with E-state index in [1.54, 1.807) is 0 Å². The van der Waals surface area contributed by atoms with Gasteiger partial charge in [0.2, 0.25) is 0 Å². The van der Waals surface area contributed by atoms with Crippen LogP contribution in [0, 0.1) is 11.6 Å². The number of benzene rings is 2. The number of hydrogen-bond donors (Lipinski definition) is 2. The Morgan fingerprint density at radius 2 is 1.72 bits per heavy atom. The number of hydrogen-bond acceptors (Lipinski definition) is 3. The molecule has 1 aliphatic rings. The fraction of sp³-hybridized carbons (Fsp3) is 0.118. The molecule has 12 heteroatoms. The minimum Gasteiger partial charge on any atom is -0.314 e. The maximum absolute atomic E-state index is 13.8. The van der Waals surface area contributed by atoms with Gasteiger partial charge in [-0.15, -0.1) is 0 Å². The SMILES string of the molecule is O=C(N[C@]1(C(F)(F)F)NC(=O)N(c2ccc(F)c(Cl)c2)C1=O)c1ccccc1F. The molecule has 0 aromatic heterocycles. The fourth-order valence-electron chi connectivity index (χ4n) is 2.62. The average molecular weight is 434 g/mol. The zero-order chi connectivity index (χ0) is 21.6. The molecular weight excluding hydrogens is 425 g/mol. The maximum Gasteiger partial charge on any atom is 0.440 e. The van der Waals surface area contributed by atoms with Gasteiger partial charge in [-0.2, -0.15) is 13.2 Å². The number of imide groups is 1. The lowest BCUT2D eigenvalue weighted by molar-refractivity contribution is -0.197. The van der Waals surface area contributed by atoms with Crippen LogP contribution < -0.4 is 15.5 Å². The topological polar surface area (TPSA) is 78.5 Å². The Hall–Kier alpha value is -3.21. The second kappa shape index (κ2) is 6.99. The second-order valence-corrected chi connectivity index (χ2v) is 6.26. The Labute approximate surface area is 164 Å². The zero-order valence-corrected chi connectivity index (χ0v) is 14.7. The van der Waals surface area contributed by atoms with Crippen molar-refractivity contribution in [3.8, 4) is 0 Å². The molecule has 29 heavy (non-hydrogen) atoms. The van der Waals surface area contributed by atoms with Crippen LogP contribution in [0.15, 0.2) is 42.5 Å². The van der Waals surface area contributed by atoms with Crippen molar-refractivity contribution in [1.29, 1.82) is 0 Å². The van der Waals surface area contributed by atoms with Gasteiger partial charge in [-0.3, -0.25) is 14.9 Å². The largest absolute Gasteiger partial charge is 0.440 e. The summed E-state index contributed by atoms with van der Waals surface area (Å²) in [6.07, 6.45) is -5.50. The van der Waals surface area contributed by atoms with Crippen LogP contribution in [-0.2, 0) is 4.79 Å². The van der Waals surface area contributed by atoms with Gasteiger partial charge in [0.15, 0.2) is 0 Å². The zero-order valence-electron chi connectivity index (χ0n) is 14.0. The molecule has 0 spiro atoms. The summed E-state index contributed by atoms with van der Waals surface area (Å²) < 4.78 is 68.4. The number of carbonyl (C=O) groups is 3. The van der Waals surface area contributed by atoms with Gasteiger partial charge in [-0.25, -0.2) is 18.5 Å². The number of rotatable bonds is 3. The van der Waals surface area contributed by atoms with E-state index < -0.39 is 57.6 Å². The number of nitrogens with one attached hydrogen (secondary N) is 2. The van der Waals surface area contributed by atoms with Crippen LogP contribution in [0.5, 0.6) is 0 Å². The highest BCUT2D eigenvalue weighted by Crippen LogP contribution is 2.36. The van der Waals surface area contributed by atoms with Gasteiger partial charge in [-0.1, -0.05) is 23.7 Å². The van der Waals surface area contributed by atoms with Crippen LogP contribution in [0.4, 0.5) is 32.4 Å². The number of alkyl halides is 3. The predicted octanol–water partition coefficient (Wildman–Crippen LogP) is 3.36. The van der Waals surface area contributed by atoms with Crippen LogP contribution >= 0.6 is 11.6 Å². The Bertz CT molecular complexity index is 1030. The summed E-state index contributed by atoms with van der Waals surface area (Å²) in [6.45, 7) is 0. The minimum absolute atomic E-state index is 0.0421. The quantitative estimate of drug-likeness (QED) is 0.575. The van der Waals surface area contributed by atoms with Crippen LogP contribution in [0.2, 0.25) is 5.02 Å². The number of amides is 4. The molecule has 0 radical (unpaired) electrons. The molecule has 2 aromatic carbocycles. The molecule has 3 rings (SSSR count). The highest BCUT2D eigenvalue weighted by Gasteiger charge is 2.69. The lowest BCUT2D eigenvalue weighted by Gasteiger charge is -2.29. The molecule has 1 aliphatic heterocycles. The van der Waals surface area contributed by atoms with Crippen molar-refractivity contribution in [3.63, 3.8) is 0 Å². The Balaban J connectivity index is 2.04. The molecule has 6 nitrogen and oxygen atoms in total. The second-order valence-electron chi connectivity index (χ2n) is 5.85. The van der Waals surface area contributed by atoms with E-state index in [0.29, 0.717) is 0 Å². The van der Waals surface area contributed by atoms with Gasteiger partial charge in [0, 0.05) is 0 Å². The van der Waals surface area contributed by atoms with E-state index in [9.17, 15) is 36.3 Å². The highest BCUT2D eigenvalue weighted by atomic mass is 35.5. The molecule has 152 valence electrons. The highest BCUT2D eigenvalue weighted by molar-refractivity contribution is 6.31. The van der Waals surface area contributed by atoms with Crippen LogP contribution in [-0.4, -0.2) is 29.7 Å². The van der Waals surface area contributed by atoms with Crippen LogP contribution in [0.25, 0.3) is 0 Å². The van der Waals surface area contributed by atoms with Gasteiger partial charge in [0.25, 0.3) is 17.5 Å². The first-order valence-electron chi connectivity index (χ1n) is 7.73. The maximum atomic E-state index is 13.8. The summed E-state index contributed by atoms with van der Waals surface area (Å²) in [4.78, 5) is 37.0. The average Bonchev–Trinajstić information content (AvgIpc) is 2.88. The normalized spacial score (nSPS) is 19.3. The summed E-state index contributed by atoms with van der Waals surface area (Å²) in [5.74, 6) is -5.59. The molecule has 1 fully saturated rings. The van der Waals surface area contributed by atoms with Gasteiger partial charge in [0.05, 0.1) is 16.3 Å². The van der Waals surface area contributed by atoms with Crippen molar-refractivity contribution in [2.45, 2.75) is 11.8 Å². The molecule has 1 heterocycles. The van der Waals surface area contributed by atoms with Crippen molar-refractivity contribution >= 4 is 35.1 Å². The molecular formula is C17H9ClF5N3O3. The summed E-state index contributed by atoms with van der Waals surface area (Å²) in [6, 6.07) is 4.93. The van der Waals surface area contributed by atoms with E-state index in [2.05, 4.69) is 0 Å². The van der Waals surface area contributed by atoms with E-state index in [1.165, 1.54) is 22.8 Å². The van der Waals surface area contributed by atoms with Gasteiger partial charge >= 0.3 is 12.2 Å². The standard InChI is InChI=1S/C17H9ClF5N3O3/c18-10-7-8(5-6-12(10)20)26-14(28)16(17(21,22)23,25-15(26)29)24-13(27)9-3-1-2-4-11(9)19/h1-7H,(H,24,27)(H,25,29)/t16-/m0/s1. The predicted molar refractivity (Wildman–Crippen MR) is 90.1 cm³/mol. The molecule has 2 N–H and O–H groups in total. The number of urea groups is 1. The first kappa shape index (κ1) is 20.5. The van der Waals surface area contributed by atoms with Gasteiger partial charge < -0.3 is 5.32 Å². The van der Waals surface area contributed by atoms with Crippen LogP contribution in [0.3, 0.4) is 0 Å². The number of halogens is 6. The number of anilines is 1. The molecule has 0 saturated carbocycles. The molecule has 0 aliphatic carbocycles. The molecule has 0 bridgehead atoms. The van der Waals surface area contributed by atoms with Crippen molar-refractivity contribution in [2.75, 3.05) is 4.90 Å². The minimum atomic E-state index is -5.50. The van der Waals surface area contributed by atoms with Crippen molar-refractivity contribution < 1.29 is 36.3 Å². The molecule has 4 amide bonds. The lowest BCUT2D eigenvalue weighted by atomic mass is 10.1. The third-order valence-corrected chi connectivity index (χ3v) is 4.32. The lowest BCUT2D eigenvalue weighted by Crippen LogP contribution is -2.69. The molecule has 1 saturated heterocycles. The third kappa shape index (κ3) is 3.37. The smallest absolute Gasteiger partial charge is 0.314 e. The first-order chi connectivity index (χ1) is 13.5. The van der Waals surface area contributed by atoms with E-state index in [1.807, 2.05) is 0 Å². The Morgan fingerprint density at radius 3 is 2.31 bits per heavy atom. The summed E-state index contributed by atoms with van der Waals surface area (Å²) >= 11 is 5.55. The van der Waals surface area contributed by atoms with E-state index in [0.717, 1.165) is 30.3 Å². The molecule has 1 atom stereocenters. The monoisotopic (exact) mass is 433 g/mol. The Morgan fingerprint density at radius 1 is 1.07 bits per heavy atom. The van der Waals surface area contributed by atoms with Crippen molar-refractivity contribution in [2.24, 2.45) is 0 Å². The first-order valence-corrected chi connectivity index (χ1v) is 8.11. The molecule has 0 unspecified atom stereocenters. The van der Waals surface area contributed by atoms with E-state index in [-0.39, 0.29) is 4.90 Å². The summed E-state index contributed by atoms with van der Waals surface area (Å²) in [5, 5.41) is 2.19. The van der Waals surface area contributed by atoms with Crippen molar-refractivity contribution in [3.05, 3.63) is 64.7 Å². The van der Waals surface area contributed by atoms with E-state index >= 15 is 0 Å². The van der Waals surface area contributed by atoms with Crippen molar-refractivity contribution in [1.82, 2.24) is 10.6 Å². The van der Waals surface area contributed by atoms with Gasteiger partial charge in [0.1, 0.15) is 11.6 Å². The summed E-state index contributed by atoms with van der Waals surface area (Å²) in [7, 11) is 0. The summed E-state index contributed by atoms with van der Waals surface area (Å²) in [5.41, 5.74) is -5.11. The number of carbonyl (C=O) groups excluding carboxylic acids is 3. The molecule has 2 aromatic rings. The number of nitrogens with zero attached hydrogens (tertiary/aromatic N) is 1.